The largest absolute Gasteiger partial charge is 0.459 e. The molecule has 3 aromatic heterocycles. The lowest BCUT2D eigenvalue weighted by molar-refractivity contribution is -0.0771. The van der Waals surface area contributed by atoms with Crippen molar-refractivity contribution in [2.75, 3.05) is 19.6 Å². The summed E-state index contributed by atoms with van der Waals surface area (Å²) in [6.07, 6.45) is 9.07. The average Bonchev–Trinajstić information content (AvgIpc) is 3.57. The van der Waals surface area contributed by atoms with Crippen LogP contribution in [-0.4, -0.2) is 52.3 Å². The molecule has 31 heavy (non-hydrogen) atoms. The zero-order valence-corrected chi connectivity index (χ0v) is 17.3. The molecule has 0 aliphatic carbocycles. The second kappa shape index (κ2) is 8.64. The fourth-order valence-electron chi connectivity index (χ4n) is 4.49. The van der Waals surface area contributed by atoms with Gasteiger partial charge in [-0.1, -0.05) is 5.16 Å². The molecule has 3 aromatic rings. The van der Waals surface area contributed by atoms with E-state index in [-0.39, 0.29) is 17.6 Å². The lowest BCUT2D eigenvalue weighted by Gasteiger charge is -2.38. The maximum absolute atomic E-state index is 12.1. The summed E-state index contributed by atoms with van der Waals surface area (Å²) < 4.78 is 17.1. The van der Waals surface area contributed by atoms with Gasteiger partial charge in [-0.15, -0.1) is 0 Å². The molecule has 0 saturated carbocycles. The molecule has 5 rings (SSSR count). The third-order valence-corrected chi connectivity index (χ3v) is 6.24. The van der Waals surface area contributed by atoms with Crippen LogP contribution in [0, 0.1) is 0 Å². The van der Waals surface area contributed by atoms with Crippen LogP contribution in [0.5, 0.6) is 0 Å². The number of nitrogens with zero attached hydrogens (tertiary/aromatic N) is 3. The molecule has 2 saturated heterocycles. The average molecular weight is 422 g/mol. The number of aromatic nitrogens is 2. The molecule has 1 N–H and O–H groups in total. The summed E-state index contributed by atoms with van der Waals surface area (Å²) in [5.74, 6) is 1.00. The van der Waals surface area contributed by atoms with Crippen molar-refractivity contribution in [1.29, 1.82) is 0 Å². The minimum Gasteiger partial charge on any atom is -0.459 e. The molecule has 1 spiro atoms. The monoisotopic (exact) mass is 422 g/mol. The van der Waals surface area contributed by atoms with Gasteiger partial charge in [-0.3, -0.25) is 14.7 Å². The minimum absolute atomic E-state index is 0.0572. The Morgan fingerprint density at radius 2 is 2.13 bits per heavy atom. The second-order valence-electron chi connectivity index (χ2n) is 8.35. The van der Waals surface area contributed by atoms with Crippen LogP contribution in [0.1, 0.15) is 42.0 Å². The predicted molar refractivity (Wildman–Crippen MR) is 112 cm³/mol. The summed E-state index contributed by atoms with van der Waals surface area (Å²) in [5.41, 5.74) is 1.70. The summed E-state index contributed by atoms with van der Waals surface area (Å²) in [6, 6.07) is 9.24. The first-order valence-electron chi connectivity index (χ1n) is 10.8. The molecule has 5 heterocycles. The van der Waals surface area contributed by atoms with Gasteiger partial charge >= 0.3 is 0 Å². The van der Waals surface area contributed by atoms with Gasteiger partial charge in [0.15, 0.2) is 11.5 Å². The van der Waals surface area contributed by atoms with E-state index in [9.17, 15) is 4.79 Å². The topological polar surface area (TPSA) is 93.6 Å². The van der Waals surface area contributed by atoms with Crippen LogP contribution in [0.4, 0.5) is 0 Å². The van der Waals surface area contributed by atoms with Crippen LogP contribution >= 0.6 is 0 Å². The Hall–Kier alpha value is -2.97. The zero-order valence-electron chi connectivity index (χ0n) is 17.3. The summed E-state index contributed by atoms with van der Waals surface area (Å²) in [6.45, 7) is 3.16. The summed E-state index contributed by atoms with van der Waals surface area (Å²) in [7, 11) is 0. The highest BCUT2D eigenvalue weighted by atomic mass is 16.5. The van der Waals surface area contributed by atoms with Crippen molar-refractivity contribution in [3.8, 4) is 11.3 Å². The number of piperidine rings is 1. The molecule has 2 aliphatic rings. The molecule has 1 unspecified atom stereocenters. The number of pyridine rings is 1. The van der Waals surface area contributed by atoms with Crippen LogP contribution in [-0.2, 0) is 11.3 Å². The quantitative estimate of drug-likeness (QED) is 0.652. The molecular formula is C23H26N4O4. The number of amides is 1. The maximum Gasteiger partial charge on any atom is 0.287 e. The highest BCUT2D eigenvalue weighted by Gasteiger charge is 2.42. The van der Waals surface area contributed by atoms with E-state index in [4.69, 9.17) is 13.7 Å². The molecule has 1 atom stereocenters. The summed E-state index contributed by atoms with van der Waals surface area (Å²) >= 11 is 0. The van der Waals surface area contributed by atoms with E-state index in [1.807, 2.05) is 18.2 Å². The Labute approximate surface area is 180 Å². The fraction of sp³-hybridized carbons (Fsp3) is 0.435. The van der Waals surface area contributed by atoms with Crippen LogP contribution in [0.3, 0.4) is 0 Å². The number of furan rings is 1. The van der Waals surface area contributed by atoms with Gasteiger partial charge in [0.05, 0.1) is 24.5 Å². The number of ether oxygens (including phenoxy) is 1. The first kappa shape index (κ1) is 20.0. The van der Waals surface area contributed by atoms with Crippen molar-refractivity contribution in [1.82, 2.24) is 20.4 Å². The maximum atomic E-state index is 12.1. The molecule has 0 radical (unpaired) electrons. The molecule has 1 amide bonds. The first-order valence-corrected chi connectivity index (χ1v) is 10.8. The van der Waals surface area contributed by atoms with Crippen molar-refractivity contribution < 1.29 is 18.5 Å². The number of carbonyl (C=O) groups excluding carboxylic acids is 1. The van der Waals surface area contributed by atoms with Gasteiger partial charge in [0.1, 0.15) is 5.69 Å². The lowest BCUT2D eigenvalue weighted by Crippen LogP contribution is -2.44. The predicted octanol–water partition coefficient (Wildman–Crippen LogP) is 3.27. The number of hydrogen-bond acceptors (Lipinski definition) is 7. The van der Waals surface area contributed by atoms with E-state index in [0.717, 1.165) is 62.3 Å². The second-order valence-corrected chi connectivity index (χ2v) is 8.35. The third-order valence-electron chi connectivity index (χ3n) is 6.24. The van der Waals surface area contributed by atoms with Gasteiger partial charge in [0.25, 0.3) is 5.91 Å². The molecule has 0 aromatic carbocycles. The van der Waals surface area contributed by atoms with Crippen LogP contribution in [0.25, 0.3) is 11.3 Å². The van der Waals surface area contributed by atoms with E-state index >= 15 is 0 Å². The molecule has 8 nitrogen and oxygen atoms in total. The van der Waals surface area contributed by atoms with Crippen molar-refractivity contribution in [2.45, 2.75) is 43.9 Å². The SMILES string of the molecule is O=C(NCC1CCC2(CCN(Cc3cc(-c4cccnc4)no3)CC2)O1)c1ccco1. The number of carbonyl (C=O) groups is 1. The Morgan fingerprint density at radius 1 is 1.23 bits per heavy atom. The molecule has 2 aliphatic heterocycles. The van der Waals surface area contributed by atoms with Gasteiger partial charge in [-0.05, 0) is 49.9 Å². The lowest BCUT2D eigenvalue weighted by atomic mass is 9.88. The number of nitrogens with one attached hydrogen (secondary N) is 1. The molecule has 2 fully saturated rings. The summed E-state index contributed by atoms with van der Waals surface area (Å²) in [4.78, 5) is 18.6. The van der Waals surface area contributed by atoms with Crippen molar-refractivity contribution in [2.24, 2.45) is 0 Å². The number of likely N-dealkylation sites (tertiary alicyclic amines) is 1. The molecule has 8 heteroatoms. The fourth-order valence-corrected chi connectivity index (χ4v) is 4.49. The smallest absolute Gasteiger partial charge is 0.287 e. The molecule has 0 bridgehead atoms. The van der Waals surface area contributed by atoms with Gasteiger partial charge in [0, 0.05) is 43.7 Å². The first-order chi connectivity index (χ1) is 15.2. The van der Waals surface area contributed by atoms with E-state index in [1.165, 1.54) is 6.26 Å². The van der Waals surface area contributed by atoms with Gasteiger partial charge in [-0.2, -0.15) is 0 Å². The highest BCUT2D eigenvalue weighted by molar-refractivity contribution is 5.91. The number of hydrogen-bond donors (Lipinski definition) is 1. The van der Waals surface area contributed by atoms with Crippen LogP contribution < -0.4 is 5.32 Å². The van der Waals surface area contributed by atoms with Gasteiger partial charge in [0.2, 0.25) is 0 Å². The van der Waals surface area contributed by atoms with E-state index in [1.54, 1.807) is 24.5 Å². The van der Waals surface area contributed by atoms with Crippen molar-refractivity contribution >= 4 is 5.91 Å². The Bertz CT molecular complexity index is 994. The minimum atomic E-state index is -0.193. The van der Waals surface area contributed by atoms with E-state index < -0.39 is 0 Å². The van der Waals surface area contributed by atoms with Crippen LogP contribution in [0.15, 0.2) is 57.9 Å². The zero-order chi connectivity index (χ0) is 21.1. The van der Waals surface area contributed by atoms with Gasteiger partial charge < -0.3 is 19.0 Å². The van der Waals surface area contributed by atoms with Gasteiger partial charge in [-0.25, -0.2) is 0 Å². The standard InChI is InChI=1S/C23H26N4O4/c28-22(21-4-2-12-29-21)25-15-18-5-6-23(30-18)7-10-27(11-8-23)16-19-13-20(26-31-19)17-3-1-9-24-14-17/h1-4,9,12-14,18H,5-8,10-11,15-16H2,(H,25,28). The Kier molecular flexibility index (Phi) is 5.57. The van der Waals surface area contributed by atoms with Crippen molar-refractivity contribution in [3.63, 3.8) is 0 Å². The van der Waals surface area contributed by atoms with Crippen LogP contribution in [0.2, 0.25) is 0 Å². The molecule has 162 valence electrons. The normalized spacial score (nSPS) is 20.8. The van der Waals surface area contributed by atoms with E-state index in [0.29, 0.717) is 12.3 Å². The summed E-state index contributed by atoms with van der Waals surface area (Å²) in [5, 5.41) is 7.09. The highest BCUT2D eigenvalue weighted by Crippen LogP contribution is 2.39. The molecular weight excluding hydrogens is 396 g/mol. The number of rotatable bonds is 6. The van der Waals surface area contributed by atoms with Crippen molar-refractivity contribution in [3.05, 3.63) is 60.5 Å². The Balaban J connectivity index is 1.09. The Morgan fingerprint density at radius 3 is 2.90 bits per heavy atom. The van der Waals surface area contributed by atoms with E-state index in [2.05, 4.69) is 20.4 Å². The third kappa shape index (κ3) is 4.55.